The molecule has 0 spiro atoms. The molecule has 0 unspecified atom stereocenters. The predicted molar refractivity (Wildman–Crippen MR) is 112 cm³/mol. The number of urea groups is 1. The van der Waals surface area contributed by atoms with Gasteiger partial charge < -0.3 is 15.0 Å². The van der Waals surface area contributed by atoms with Crippen LogP contribution in [0, 0.1) is 0 Å². The molecule has 0 aliphatic carbocycles. The minimum Gasteiger partial charge on any atom is -0.497 e. The standard InChI is InChI=1S/C23H25N3O2/c1-28-19-13-11-17(12-14-19)21-10-3-2-4-16-26(21)23(27)25-20-9-5-7-18-8-6-15-24-22(18)20/h5-9,11-15,21H,2-4,10,16H2,1H3,(H,25,27)/t21-/m1/s1. The summed E-state index contributed by atoms with van der Waals surface area (Å²) in [4.78, 5) is 19.6. The van der Waals surface area contributed by atoms with E-state index in [4.69, 9.17) is 4.74 Å². The van der Waals surface area contributed by atoms with Gasteiger partial charge in [-0.3, -0.25) is 4.98 Å². The number of likely N-dealkylation sites (tertiary alicyclic amines) is 1. The van der Waals surface area contributed by atoms with E-state index in [-0.39, 0.29) is 12.1 Å². The third-order valence-electron chi connectivity index (χ3n) is 5.39. The molecule has 0 radical (unpaired) electrons. The fraction of sp³-hybridized carbons (Fsp3) is 0.304. The maximum absolute atomic E-state index is 13.2. The highest BCUT2D eigenvalue weighted by Gasteiger charge is 2.27. The van der Waals surface area contributed by atoms with Gasteiger partial charge in [0.1, 0.15) is 5.75 Å². The smallest absolute Gasteiger partial charge is 0.322 e. The van der Waals surface area contributed by atoms with E-state index in [0.29, 0.717) is 0 Å². The van der Waals surface area contributed by atoms with Gasteiger partial charge in [-0.25, -0.2) is 4.79 Å². The van der Waals surface area contributed by atoms with Crippen molar-refractivity contribution in [2.24, 2.45) is 0 Å². The highest BCUT2D eigenvalue weighted by Crippen LogP contribution is 2.32. The number of hydrogen-bond acceptors (Lipinski definition) is 3. The van der Waals surface area contributed by atoms with Gasteiger partial charge in [0.05, 0.1) is 24.4 Å². The van der Waals surface area contributed by atoms with Crippen LogP contribution in [0.25, 0.3) is 10.9 Å². The van der Waals surface area contributed by atoms with Crippen molar-refractivity contribution < 1.29 is 9.53 Å². The van der Waals surface area contributed by atoms with E-state index < -0.39 is 0 Å². The topological polar surface area (TPSA) is 54.5 Å². The monoisotopic (exact) mass is 375 g/mol. The molecule has 1 N–H and O–H groups in total. The van der Waals surface area contributed by atoms with Crippen molar-refractivity contribution in [2.75, 3.05) is 19.0 Å². The van der Waals surface area contributed by atoms with Crippen LogP contribution in [0.3, 0.4) is 0 Å². The van der Waals surface area contributed by atoms with Gasteiger partial charge >= 0.3 is 6.03 Å². The number of hydrogen-bond donors (Lipinski definition) is 1. The van der Waals surface area contributed by atoms with Crippen LogP contribution in [0.4, 0.5) is 10.5 Å². The number of aromatic nitrogens is 1. The number of pyridine rings is 1. The number of methoxy groups -OCH3 is 1. The molecule has 2 aromatic carbocycles. The van der Waals surface area contributed by atoms with Crippen molar-refractivity contribution in [1.29, 1.82) is 0 Å². The molecule has 2 heterocycles. The van der Waals surface area contributed by atoms with E-state index in [9.17, 15) is 4.79 Å². The Kier molecular flexibility index (Phi) is 5.42. The summed E-state index contributed by atoms with van der Waals surface area (Å²) >= 11 is 0. The molecule has 4 rings (SSSR count). The number of nitrogens with one attached hydrogen (secondary N) is 1. The van der Waals surface area contributed by atoms with Gasteiger partial charge in [0.2, 0.25) is 0 Å². The summed E-state index contributed by atoms with van der Waals surface area (Å²) in [6, 6.07) is 17.8. The van der Waals surface area contributed by atoms with Crippen molar-refractivity contribution >= 4 is 22.6 Å². The van der Waals surface area contributed by atoms with E-state index >= 15 is 0 Å². The zero-order valence-electron chi connectivity index (χ0n) is 16.1. The lowest BCUT2D eigenvalue weighted by atomic mass is 10.0. The molecule has 1 atom stereocenters. The number of rotatable bonds is 3. The molecule has 3 aromatic rings. The molecule has 0 saturated carbocycles. The van der Waals surface area contributed by atoms with E-state index in [0.717, 1.165) is 60.1 Å². The summed E-state index contributed by atoms with van der Waals surface area (Å²) in [5, 5.41) is 4.12. The summed E-state index contributed by atoms with van der Waals surface area (Å²) in [6.07, 6.45) is 6.01. The predicted octanol–water partition coefficient (Wildman–Crippen LogP) is 5.39. The Morgan fingerprint density at radius 3 is 2.71 bits per heavy atom. The number of anilines is 1. The van der Waals surface area contributed by atoms with Crippen LogP contribution >= 0.6 is 0 Å². The van der Waals surface area contributed by atoms with Gasteiger partial charge in [-0.15, -0.1) is 0 Å². The normalized spacial score (nSPS) is 17.2. The largest absolute Gasteiger partial charge is 0.497 e. The summed E-state index contributed by atoms with van der Waals surface area (Å²) in [5.41, 5.74) is 2.71. The fourth-order valence-electron chi connectivity index (χ4n) is 3.92. The Morgan fingerprint density at radius 2 is 1.89 bits per heavy atom. The van der Waals surface area contributed by atoms with Crippen LogP contribution in [-0.4, -0.2) is 29.6 Å². The van der Waals surface area contributed by atoms with E-state index in [1.165, 1.54) is 0 Å². The number of benzene rings is 2. The second kappa shape index (κ2) is 8.30. The highest BCUT2D eigenvalue weighted by molar-refractivity contribution is 5.99. The lowest BCUT2D eigenvalue weighted by Crippen LogP contribution is -2.38. The highest BCUT2D eigenvalue weighted by atomic mass is 16.5. The quantitative estimate of drug-likeness (QED) is 0.667. The number of para-hydroxylation sites is 1. The van der Waals surface area contributed by atoms with E-state index in [1.807, 2.05) is 47.4 Å². The van der Waals surface area contributed by atoms with Crippen LogP contribution in [0.15, 0.2) is 60.8 Å². The van der Waals surface area contributed by atoms with Gasteiger partial charge in [0.15, 0.2) is 0 Å². The van der Waals surface area contributed by atoms with Gasteiger partial charge in [0.25, 0.3) is 0 Å². The third-order valence-corrected chi connectivity index (χ3v) is 5.39. The molecule has 144 valence electrons. The Balaban J connectivity index is 1.60. The molecular formula is C23H25N3O2. The van der Waals surface area contributed by atoms with Crippen molar-refractivity contribution in [3.63, 3.8) is 0 Å². The summed E-state index contributed by atoms with van der Waals surface area (Å²) < 4.78 is 5.28. The first-order chi connectivity index (χ1) is 13.8. The molecule has 1 saturated heterocycles. The molecule has 1 aromatic heterocycles. The van der Waals surface area contributed by atoms with E-state index in [2.05, 4.69) is 22.4 Å². The maximum atomic E-state index is 13.2. The molecule has 1 aliphatic rings. The lowest BCUT2D eigenvalue weighted by Gasteiger charge is -2.30. The van der Waals surface area contributed by atoms with Crippen LogP contribution in [-0.2, 0) is 0 Å². The number of nitrogens with zero attached hydrogens (tertiary/aromatic N) is 2. The number of ether oxygens (including phenoxy) is 1. The first-order valence-corrected chi connectivity index (χ1v) is 9.81. The lowest BCUT2D eigenvalue weighted by molar-refractivity contribution is 0.189. The van der Waals surface area contributed by atoms with Crippen LogP contribution < -0.4 is 10.1 Å². The summed E-state index contributed by atoms with van der Waals surface area (Å²) in [6.45, 7) is 0.751. The first kappa shape index (κ1) is 18.3. The first-order valence-electron chi connectivity index (χ1n) is 9.81. The summed E-state index contributed by atoms with van der Waals surface area (Å²) in [7, 11) is 1.67. The zero-order valence-corrected chi connectivity index (χ0v) is 16.1. The van der Waals surface area contributed by atoms with Crippen LogP contribution in [0.5, 0.6) is 5.75 Å². The molecule has 1 fully saturated rings. The van der Waals surface area contributed by atoms with Gasteiger partial charge in [-0.2, -0.15) is 0 Å². The fourth-order valence-corrected chi connectivity index (χ4v) is 3.92. The number of carbonyl (C=O) groups excluding carboxylic acids is 1. The Hall–Kier alpha value is -3.08. The van der Waals surface area contributed by atoms with Crippen molar-refractivity contribution in [1.82, 2.24) is 9.88 Å². The molecule has 0 bridgehead atoms. The van der Waals surface area contributed by atoms with Crippen LogP contribution in [0.2, 0.25) is 0 Å². The Morgan fingerprint density at radius 1 is 1.07 bits per heavy atom. The molecule has 28 heavy (non-hydrogen) atoms. The average molecular weight is 375 g/mol. The summed E-state index contributed by atoms with van der Waals surface area (Å²) in [5.74, 6) is 0.829. The minimum atomic E-state index is -0.0686. The molecule has 2 amide bonds. The Bertz CT molecular complexity index is 950. The molecule has 5 nitrogen and oxygen atoms in total. The maximum Gasteiger partial charge on any atom is 0.322 e. The molecule has 1 aliphatic heterocycles. The van der Waals surface area contributed by atoms with Crippen molar-refractivity contribution in [2.45, 2.75) is 31.7 Å². The van der Waals surface area contributed by atoms with E-state index in [1.54, 1.807) is 13.3 Å². The second-order valence-corrected chi connectivity index (χ2v) is 7.14. The Labute approximate surface area is 165 Å². The zero-order chi connectivity index (χ0) is 19.3. The van der Waals surface area contributed by atoms with Crippen molar-refractivity contribution in [3.8, 4) is 5.75 Å². The molecular weight excluding hydrogens is 350 g/mol. The third kappa shape index (κ3) is 3.79. The molecule has 5 heteroatoms. The average Bonchev–Trinajstić information content (AvgIpc) is 3.00. The number of carbonyl (C=O) groups is 1. The van der Waals surface area contributed by atoms with Gasteiger partial charge in [-0.05, 0) is 42.7 Å². The van der Waals surface area contributed by atoms with Gasteiger partial charge in [0, 0.05) is 18.1 Å². The van der Waals surface area contributed by atoms with Crippen LogP contribution in [0.1, 0.15) is 37.3 Å². The second-order valence-electron chi connectivity index (χ2n) is 7.14. The SMILES string of the molecule is COc1ccc([C@H]2CCCCCN2C(=O)Nc2cccc3cccnc23)cc1. The van der Waals surface area contributed by atoms with Gasteiger partial charge in [-0.1, -0.05) is 43.2 Å². The number of amides is 2. The number of fused-ring (bicyclic) bond motifs is 1. The minimum absolute atomic E-state index is 0.0661. The van der Waals surface area contributed by atoms with Crippen molar-refractivity contribution in [3.05, 3.63) is 66.4 Å².